The summed E-state index contributed by atoms with van der Waals surface area (Å²) in [6.07, 6.45) is 0.946. The molecule has 3 rings (SSSR count). The third-order valence-corrected chi connectivity index (χ3v) is 5.06. The summed E-state index contributed by atoms with van der Waals surface area (Å²) < 4.78 is 1.72. The number of nitrogens with one attached hydrogen (secondary N) is 1. The number of nitrogens with zero attached hydrogens (tertiary/aromatic N) is 3. The lowest BCUT2D eigenvalue weighted by atomic mass is 10.2. The van der Waals surface area contributed by atoms with E-state index in [-0.39, 0.29) is 22.7 Å². The van der Waals surface area contributed by atoms with Crippen LogP contribution < -0.4 is 15.7 Å². The fraction of sp³-hybridized carbons (Fsp3) is 0.190. The summed E-state index contributed by atoms with van der Waals surface area (Å²) in [4.78, 5) is 40.1. The average molecular weight is 423 g/mol. The molecule has 3 amide bonds. The minimum atomic E-state index is -0.535. The number of hydrogen-bond donors (Lipinski definition) is 2. The molecule has 0 bridgehead atoms. The first kappa shape index (κ1) is 21.1. The van der Waals surface area contributed by atoms with Crippen molar-refractivity contribution in [2.45, 2.75) is 26.3 Å². The number of carbonyl (C=O) groups excluding carboxylic acids is 3. The van der Waals surface area contributed by atoms with E-state index in [0.29, 0.717) is 24.2 Å². The lowest BCUT2D eigenvalue weighted by Gasteiger charge is -2.03. The van der Waals surface area contributed by atoms with Gasteiger partial charge in [0.1, 0.15) is 0 Å². The van der Waals surface area contributed by atoms with Crippen LogP contribution in [-0.4, -0.2) is 26.9 Å². The lowest BCUT2D eigenvalue weighted by Crippen LogP contribution is -2.28. The topological polar surface area (TPSA) is 119 Å². The van der Waals surface area contributed by atoms with Gasteiger partial charge in [-0.25, -0.2) is 0 Å². The molecule has 0 atom stereocenters. The van der Waals surface area contributed by atoms with E-state index in [1.54, 1.807) is 24.3 Å². The first-order valence-corrected chi connectivity index (χ1v) is 10.2. The normalized spacial score (nSPS) is 11.3. The maximum absolute atomic E-state index is 12.8. The Morgan fingerprint density at radius 1 is 1.10 bits per heavy atom. The number of carbonyl (C=O) groups is 3. The van der Waals surface area contributed by atoms with E-state index in [4.69, 9.17) is 5.73 Å². The minimum Gasteiger partial charge on any atom is -0.366 e. The number of rotatable bonds is 7. The molecule has 0 aliphatic rings. The second-order valence-corrected chi connectivity index (χ2v) is 7.37. The fourth-order valence-electron chi connectivity index (χ4n) is 2.60. The van der Waals surface area contributed by atoms with Crippen LogP contribution in [0.4, 0.5) is 0 Å². The zero-order valence-corrected chi connectivity index (χ0v) is 17.2. The second kappa shape index (κ2) is 9.75. The molecule has 1 heterocycles. The van der Waals surface area contributed by atoms with Gasteiger partial charge >= 0.3 is 0 Å². The van der Waals surface area contributed by atoms with Gasteiger partial charge in [0.15, 0.2) is 10.4 Å². The number of nitrogens with two attached hydrogens (primary N) is 1. The average Bonchev–Trinajstić information content (AvgIpc) is 3.16. The van der Waals surface area contributed by atoms with Gasteiger partial charge in [-0.2, -0.15) is 9.06 Å². The standard InChI is InChI=1S/C21H21N5O3S/c1-2-6-17(27)24-21-18(20(29)23-13-14-7-4-3-5-8-14)25-26(30-21)16-11-9-15(10-12-16)19(22)28/h3-5,7-12H,2,6,13H2,1H3,(H2,22,28)(H,23,29). The van der Waals surface area contributed by atoms with Gasteiger partial charge in [0.05, 0.1) is 5.69 Å². The zero-order chi connectivity index (χ0) is 21.5. The zero-order valence-electron chi connectivity index (χ0n) is 16.4. The number of hydrogen-bond acceptors (Lipinski definition) is 5. The largest absolute Gasteiger partial charge is 0.366 e. The first-order chi connectivity index (χ1) is 14.5. The van der Waals surface area contributed by atoms with Gasteiger partial charge in [-0.15, -0.1) is 5.10 Å². The van der Waals surface area contributed by atoms with E-state index in [0.717, 1.165) is 17.1 Å². The summed E-state index contributed by atoms with van der Waals surface area (Å²) in [7, 11) is 0. The van der Waals surface area contributed by atoms with Gasteiger partial charge in [-0.05, 0) is 47.8 Å². The van der Waals surface area contributed by atoms with Crippen molar-refractivity contribution in [2.24, 2.45) is 10.7 Å². The molecule has 0 spiro atoms. The highest BCUT2D eigenvalue weighted by Crippen LogP contribution is 2.11. The predicted octanol–water partition coefficient (Wildman–Crippen LogP) is 2.19. The van der Waals surface area contributed by atoms with Crippen LogP contribution in [0, 0.1) is 0 Å². The molecule has 3 N–H and O–H groups in total. The van der Waals surface area contributed by atoms with Gasteiger partial charge in [-0.3, -0.25) is 14.4 Å². The number of benzene rings is 2. The van der Waals surface area contributed by atoms with Crippen molar-refractivity contribution in [1.29, 1.82) is 0 Å². The summed E-state index contributed by atoms with van der Waals surface area (Å²) in [5.74, 6) is -1.27. The maximum atomic E-state index is 12.8. The van der Waals surface area contributed by atoms with Gasteiger partial charge in [0.25, 0.3) is 5.91 Å². The van der Waals surface area contributed by atoms with Crippen LogP contribution in [0.5, 0.6) is 0 Å². The van der Waals surface area contributed by atoms with Crippen LogP contribution >= 0.6 is 11.5 Å². The Morgan fingerprint density at radius 3 is 2.43 bits per heavy atom. The van der Waals surface area contributed by atoms with Gasteiger partial charge < -0.3 is 11.1 Å². The molecule has 1 aromatic heterocycles. The Kier molecular flexibility index (Phi) is 6.87. The lowest BCUT2D eigenvalue weighted by molar-refractivity contribution is -0.118. The van der Waals surface area contributed by atoms with Gasteiger partial charge in [-0.1, -0.05) is 37.3 Å². The van der Waals surface area contributed by atoms with Crippen LogP contribution in [0.25, 0.3) is 5.69 Å². The summed E-state index contributed by atoms with van der Waals surface area (Å²) in [6.45, 7) is 2.21. The molecule has 30 heavy (non-hydrogen) atoms. The summed E-state index contributed by atoms with van der Waals surface area (Å²) in [5.41, 5.74) is 7.26. The van der Waals surface area contributed by atoms with Crippen LogP contribution in [0.2, 0.25) is 0 Å². The van der Waals surface area contributed by atoms with Crippen molar-refractivity contribution in [3.63, 3.8) is 0 Å². The molecule has 9 heteroatoms. The van der Waals surface area contributed by atoms with E-state index in [2.05, 4.69) is 15.4 Å². The first-order valence-electron chi connectivity index (χ1n) is 9.38. The Labute approximate surface area is 177 Å². The number of primary amides is 1. The highest BCUT2D eigenvalue weighted by atomic mass is 32.1. The van der Waals surface area contributed by atoms with Crippen molar-refractivity contribution in [3.05, 3.63) is 76.1 Å². The van der Waals surface area contributed by atoms with E-state index in [1.165, 1.54) is 4.07 Å². The SMILES string of the molecule is CCCC(=O)N=c1sn(-c2ccc(C(N)=O)cc2)nc1C(=O)NCc1ccccc1. The van der Waals surface area contributed by atoms with Crippen molar-refractivity contribution >= 4 is 29.3 Å². The van der Waals surface area contributed by atoms with Crippen molar-refractivity contribution in [2.75, 3.05) is 0 Å². The fourth-order valence-corrected chi connectivity index (χ4v) is 3.48. The molecule has 8 nitrogen and oxygen atoms in total. The van der Waals surface area contributed by atoms with Crippen molar-refractivity contribution in [1.82, 2.24) is 14.5 Å². The minimum absolute atomic E-state index is 0.0689. The predicted molar refractivity (Wildman–Crippen MR) is 113 cm³/mol. The molecular weight excluding hydrogens is 402 g/mol. The summed E-state index contributed by atoms with van der Waals surface area (Å²) in [6, 6.07) is 15.9. The smallest absolute Gasteiger partial charge is 0.275 e. The summed E-state index contributed by atoms with van der Waals surface area (Å²) >= 11 is 1.07. The highest BCUT2D eigenvalue weighted by Gasteiger charge is 2.17. The Morgan fingerprint density at radius 2 is 1.80 bits per heavy atom. The third kappa shape index (κ3) is 5.26. The quantitative estimate of drug-likeness (QED) is 0.605. The van der Waals surface area contributed by atoms with Crippen LogP contribution in [-0.2, 0) is 11.3 Å². The second-order valence-electron chi connectivity index (χ2n) is 6.45. The Hall–Kier alpha value is -3.59. The van der Waals surface area contributed by atoms with Crippen LogP contribution in [0.15, 0.2) is 59.6 Å². The Balaban J connectivity index is 1.92. The molecule has 3 aromatic rings. The summed E-state index contributed by atoms with van der Waals surface area (Å²) in [5, 5.41) is 7.15. The van der Waals surface area contributed by atoms with E-state index < -0.39 is 11.8 Å². The molecule has 0 radical (unpaired) electrons. The van der Waals surface area contributed by atoms with E-state index in [9.17, 15) is 14.4 Å². The molecule has 0 aliphatic heterocycles. The molecular formula is C21H21N5O3S. The molecule has 2 aromatic carbocycles. The monoisotopic (exact) mass is 423 g/mol. The van der Waals surface area contributed by atoms with E-state index >= 15 is 0 Å². The van der Waals surface area contributed by atoms with Crippen LogP contribution in [0.3, 0.4) is 0 Å². The van der Waals surface area contributed by atoms with Crippen molar-refractivity contribution < 1.29 is 14.4 Å². The van der Waals surface area contributed by atoms with Gasteiger partial charge in [0.2, 0.25) is 11.8 Å². The Bertz CT molecular complexity index is 1120. The van der Waals surface area contributed by atoms with E-state index in [1.807, 2.05) is 37.3 Å². The van der Waals surface area contributed by atoms with Gasteiger partial charge in [0, 0.05) is 18.5 Å². The molecule has 0 fully saturated rings. The molecule has 0 saturated heterocycles. The number of aromatic nitrogens is 2. The molecule has 0 saturated carbocycles. The maximum Gasteiger partial charge on any atom is 0.275 e. The third-order valence-electron chi connectivity index (χ3n) is 4.14. The molecule has 0 unspecified atom stereocenters. The molecule has 154 valence electrons. The number of amides is 3. The molecule has 0 aliphatic carbocycles. The highest BCUT2D eigenvalue weighted by molar-refractivity contribution is 7.04. The van der Waals surface area contributed by atoms with Crippen LogP contribution in [0.1, 0.15) is 46.2 Å². The van der Waals surface area contributed by atoms with Crippen molar-refractivity contribution in [3.8, 4) is 5.69 Å².